The van der Waals surface area contributed by atoms with Crippen molar-refractivity contribution in [3.63, 3.8) is 0 Å². The predicted molar refractivity (Wildman–Crippen MR) is 143 cm³/mol. The molecule has 0 unspecified atom stereocenters. The van der Waals surface area contributed by atoms with Gasteiger partial charge in [-0.1, -0.05) is 30.3 Å². The number of anilines is 2. The molecule has 17 nitrogen and oxygen atoms in total. The molecule has 4 aromatic rings. The molecule has 220 valence electrons. The van der Waals surface area contributed by atoms with Crippen molar-refractivity contribution in [1.29, 1.82) is 0 Å². The standard InChI is InChI=1S/C25H28N10O7/c1-2-35-32-22(31-33-35)19-18(40)20(41-16(39)9-8-15(37)38)24(42-19)34-12-27-17-21(26)29-25(30-23(17)34)28-14(11-36)10-13-6-4-3-5-7-13/h3-9,12,14,18-20,24,36,40H,2,10-11H2,1H3,(H,37,38)(H3,26,28,29,30)/b9-8-/t14-,18-,19-,20+,24+/m0/s1. The van der Waals surface area contributed by atoms with Crippen LogP contribution in [0.3, 0.4) is 0 Å². The Hall–Kier alpha value is -5.00. The van der Waals surface area contributed by atoms with Crippen molar-refractivity contribution < 1.29 is 34.4 Å². The molecule has 6 N–H and O–H groups in total. The molecule has 0 spiro atoms. The van der Waals surface area contributed by atoms with E-state index >= 15 is 0 Å². The van der Waals surface area contributed by atoms with Gasteiger partial charge in [0.1, 0.15) is 11.6 Å². The Morgan fingerprint density at radius 1 is 1.24 bits per heavy atom. The zero-order valence-electron chi connectivity index (χ0n) is 22.3. The SMILES string of the molecule is CCn1nnc([C@H]2O[C@@H](n3cnc4c(N)nc(N[C@H](CO)Cc5ccccc5)nc43)[C@H](OC(=O)/C=C\C(=O)O)[C@H]2O)n1. The van der Waals surface area contributed by atoms with Gasteiger partial charge in [0.2, 0.25) is 11.8 Å². The van der Waals surface area contributed by atoms with Gasteiger partial charge in [0, 0.05) is 12.2 Å². The molecule has 1 aromatic carbocycles. The summed E-state index contributed by atoms with van der Waals surface area (Å²) in [7, 11) is 0. The highest BCUT2D eigenvalue weighted by atomic mass is 16.6. The minimum atomic E-state index is -1.48. The van der Waals surface area contributed by atoms with Crippen LogP contribution in [0.4, 0.5) is 11.8 Å². The van der Waals surface area contributed by atoms with E-state index in [1.807, 2.05) is 30.3 Å². The molecule has 1 aliphatic rings. The third-order valence-electron chi connectivity index (χ3n) is 6.43. The van der Waals surface area contributed by atoms with Crippen LogP contribution >= 0.6 is 0 Å². The molecule has 5 rings (SSSR count). The van der Waals surface area contributed by atoms with Gasteiger partial charge in [0.05, 0.1) is 25.5 Å². The average Bonchev–Trinajstić information content (AvgIpc) is 3.70. The second-order valence-corrected chi connectivity index (χ2v) is 9.32. The normalized spacial score (nSPS) is 21.1. The van der Waals surface area contributed by atoms with Gasteiger partial charge in [-0.3, -0.25) is 4.57 Å². The van der Waals surface area contributed by atoms with Gasteiger partial charge < -0.3 is 35.8 Å². The Bertz CT molecular complexity index is 1590. The van der Waals surface area contributed by atoms with Crippen molar-refractivity contribution in [1.82, 2.24) is 39.7 Å². The molecule has 1 aliphatic heterocycles. The Balaban J connectivity index is 1.48. The number of esters is 1. The third kappa shape index (κ3) is 6.02. The number of imidazole rings is 1. The van der Waals surface area contributed by atoms with E-state index in [1.54, 1.807) is 6.92 Å². The quantitative estimate of drug-likeness (QED) is 0.112. The number of ether oxygens (including phenoxy) is 2. The summed E-state index contributed by atoms with van der Waals surface area (Å²) in [6, 6.07) is 9.09. The van der Waals surface area contributed by atoms with Gasteiger partial charge in [0.25, 0.3) is 0 Å². The molecule has 1 fully saturated rings. The van der Waals surface area contributed by atoms with Crippen molar-refractivity contribution in [2.75, 3.05) is 17.7 Å². The number of aliphatic hydroxyl groups is 2. The zero-order valence-corrected chi connectivity index (χ0v) is 22.3. The molecule has 17 heteroatoms. The predicted octanol–water partition coefficient (Wildman–Crippen LogP) is -0.386. The molecule has 5 atom stereocenters. The molecular weight excluding hydrogens is 552 g/mol. The number of aliphatic carboxylic acids is 1. The lowest BCUT2D eigenvalue weighted by Gasteiger charge is -2.21. The van der Waals surface area contributed by atoms with E-state index in [-0.39, 0.29) is 35.4 Å². The highest BCUT2D eigenvalue weighted by molar-refractivity contribution is 5.90. The largest absolute Gasteiger partial charge is 0.478 e. The van der Waals surface area contributed by atoms with Crippen LogP contribution in [0.25, 0.3) is 11.2 Å². The van der Waals surface area contributed by atoms with Gasteiger partial charge in [0.15, 0.2) is 29.9 Å². The monoisotopic (exact) mass is 580 g/mol. The summed E-state index contributed by atoms with van der Waals surface area (Å²) in [5, 5.41) is 45.1. The van der Waals surface area contributed by atoms with E-state index in [2.05, 4.69) is 35.7 Å². The maximum Gasteiger partial charge on any atom is 0.331 e. The van der Waals surface area contributed by atoms with Crippen LogP contribution in [0, 0.1) is 0 Å². The second-order valence-electron chi connectivity index (χ2n) is 9.32. The molecule has 1 saturated heterocycles. The van der Waals surface area contributed by atoms with Crippen molar-refractivity contribution in [2.24, 2.45) is 0 Å². The number of carboxylic acids is 1. The van der Waals surface area contributed by atoms with Crippen molar-refractivity contribution >= 4 is 34.9 Å². The van der Waals surface area contributed by atoms with E-state index in [9.17, 15) is 19.8 Å². The number of nitrogen functional groups attached to an aromatic ring is 1. The molecule has 4 heterocycles. The number of tetrazole rings is 1. The van der Waals surface area contributed by atoms with Crippen molar-refractivity contribution in [3.8, 4) is 0 Å². The van der Waals surface area contributed by atoms with E-state index in [0.29, 0.717) is 25.1 Å². The van der Waals surface area contributed by atoms with Crippen LogP contribution in [-0.2, 0) is 32.0 Å². The molecule has 42 heavy (non-hydrogen) atoms. The smallest absolute Gasteiger partial charge is 0.331 e. The van der Waals surface area contributed by atoms with Crippen LogP contribution < -0.4 is 11.1 Å². The lowest BCUT2D eigenvalue weighted by atomic mass is 10.1. The van der Waals surface area contributed by atoms with Crippen molar-refractivity contribution in [2.45, 2.75) is 50.5 Å². The Morgan fingerprint density at radius 2 is 2.02 bits per heavy atom. The van der Waals surface area contributed by atoms with Gasteiger partial charge >= 0.3 is 11.9 Å². The molecule has 0 amide bonds. The van der Waals surface area contributed by atoms with E-state index in [4.69, 9.17) is 20.3 Å². The summed E-state index contributed by atoms with van der Waals surface area (Å²) in [5.41, 5.74) is 7.55. The molecule has 0 saturated carbocycles. The topological polar surface area (TPSA) is 239 Å². The first-order valence-electron chi connectivity index (χ1n) is 12.9. The summed E-state index contributed by atoms with van der Waals surface area (Å²) >= 11 is 0. The maximum absolute atomic E-state index is 12.4. The summed E-state index contributed by atoms with van der Waals surface area (Å²) in [6.45, 7) is 1.99. The summed E-state index contributed by atoms with van der Waals surface area (Å²) in [4.78, 5) is 37.7. The number of aryl methyl sites for hydroxylation is 1. The number of nitrogens with one attached hydrogen (secondary N) is 1. The van der Waals surface area contributed by atoms with Crippen LogP contribution in [0.1, 0.15) is 30.6 Å². The molecule has 0 radical (unpaired) electrons. The van der Waals surface area contributed by atoms with Crippen molar-refractivity contribution in [3.05, 3.63) is 60.2 Å². The maximum atomic E-state index is 12.4. The van der Waals surface area contributed by atoms with Gasteiger partial charge in [-0.25, -0.2) is 14.6 Å². The van der Waals surface area contributed by atoms with Crippen LogP contribution in [0.5, 0.6) is 0 Å². The Morgan fingerprint density at radius 3 is 2.71 bits per heavy atom. The van der Waals surface area contributed by atoms with Crippen LogP contribution in [-0.4, -0.2) is 91.8 Å². The van der Waals surface area contributed by atoms with E-state index in [0.717, 1.165) is 5.56 Å². The van der Waals surface area contributed by atoms with Gasteiger partial charge in [-0.2, -0.15) is 14.8 Å². The fourth-order valence-corrected chi connectivity index (χ4v) is 4.46. The van der Waals surface area contributed by atoms with Gasteiger partial charge in [-0.05, 0) is 24.1 Å². The van der Waals surface area contributed by atoms with Crippen LogP contribution in [0.15, 0.2) is 48.8 Å². The number of fused-ring (bicyclic) bond motifs is 1. The first-order valence-corrected chi connectivity index (χ1v) is 12.9. The first-order chi connectivity index (χ1) is 20.3. The number of hydrogen-bond donors (Lipinski definition) is 5. The number of aliphatic hydroxyl groups excluding tert-OH is 2. The number of carbonyl (C=O) groups is 2. The second kappa shape index (κ2) is 12.2. The Labute approximate surface area is 237 Å². The fraction of sp³-hybridized carbons (Fsp3) is 0.360. The van der Waals surface area contributed by atoms with Gasteiger partial charge in [-0.15, -0.1) is 10.2 Å². The number of benzene rings is 1. The molecule has 0 aliphatic carbocycles. The Kier molecular flexibility index (Phi) is 8.32. The fourth-order valence-electron chi connectivity index (χ4n) is 4.46. The number of carbonyl (C=O) groups excluding carboxylic acids is 1. The molecule has 0 bridgehead atoms. The number of rotatable bonds is 11. The van der Waals surface area contributed by atoms with E-state index < -0.39 is 42.5 Å². The highest BCUT2D eigenvalue weighted by Gasteiger charge is 2.50. The highest BCUT2D eigenvalue weighted by Crippen LogP contribution is 2.40. The minimum Gasteiger partial charge on any atom is -0.478 e. The number of hydrogen-bond acceptors (Lipinski definition) is 14. The minimum absolute atomic E-state index is 0.0261. The number of nitrogens with two attached hydrogens (primary N) is 1. The lowest BCUT2D eigenvalue weighted by molar-refractivity contribution is -0.152. The number of nitrogens with zero attached hydrogens (tertiary/aromatic N) is 8. The molecular formula is C25H28N10O7. The number of carboxylic acid groups (broad SMARTS) is 1. The lowest BCUT2D eigenvalue weighted by Crippen LogP contribution is -2.34. The summed E-state index contributed by atoms with van der Waals surface area (Å²) in [5.74, 6) is -2.23. The summed E-state index contributed by atoms with van der Waals surface area (Å²) < 4.78 is 12.9. The average molecular weight is 581 g/mol. The number of aromatic nitrogens is 8. The third-order valence-corrected chi connectivity index (χ3v) is 6.43. The zero-order chi connectivity index (χ0) is 29.8. The molecule has 3 aromatic heterocycles. The van der Waals surface area contributed by atoms with E-state index in [1.165, 1.54) is 15.7 Å². The van der Waals surface area contributed by atoms with Crippen LogP contribution in [0.2, 0.25) is 0 Å². The first kappa shape index (κ1) is 28.5. The summed E-state index contributed by atoms with van der Waals surface area (Å²) in [6.07, 6.45) is -2.12.